The van der Waals surface area contributed by atoms with Crippen LogP contribution in [0.5, 0.6) is 5.75 Å². The Kier molecular flexibility index (Phi) is 7.62. The number of aryl methyl sites for hydroxylation is 2. The Balaban J connectivity index is 1.51. The van der Waals surface area contributed by atoms with Crippen molar-refractivity contribution < 1.29 is 23.9 Å². The van der Waals surface area contributed by atoms with Gasteiger partial charge in [0, 0.05) is 25.7 Å². The first-order chi connectivity index (χ1) is 17.9. The van der Waals surface area contributed by atoms with Crippen molar-refractivity contribution in [3.63, 3.8) is 0 Å². The van der Waals surface area contributed by atoms with E-state index < -0.39 is 17.9 Å². The maximum atomic E-state index is 12.8. The molecule has 4 rings (SSSR count). The van der Waals surface area contributed by atoms with Gasteiger partial charge in [-0.15, -0.1) is 5.10 Å². The predicted molar refractivity (Wildman–Crippen MR) is 133 cm³/mol. The minimum atomic E-state index is -0.639. The maximum absolute atomic E-state index is 12.8. The first-order valence-electron chi connectivity index (χ1n) is 11.4. The number of ether oxygens (including phenoxy) is 2. The molecule has 0 atom stereocenters. The molecule has 0 aliphatic rings. The van der Waals surface area contributed by atoms with Crippen LogP contribution in [0.15, 0.2) is 48.7 Å². The number of alkyl carbamates (subject to hydrolysis) is 1. The highest BCUT2D eigenvalue weighted by atomic mass is 16.5. The van der Waals surface area contributed by atoms with Crippen molar-refractivity contribution in [1.29, 1.82) is 0 Å². The number of nitrogens with two attached hydrogens (primary N) is 1. The average Bonchev–Trinajstić information content (AvgIpc) is 3.48. The molecule has 4 aromatic rings. The summed E-state index contributed by atoms with van der Waals surface area (Å²) in [5.74, 6) is -0.537. The molecule has 192 valence electrons. The van der Waals surface area contributed by atoms with Gasteiger partial charge in [0.1, 0.15) is 23.6 Å². The number of carbonyl (C=O) groups excluding carboxylic acids is 3. The monoisotopic (exact) mass is 506 g/mol. The van der Waals surface area contributed by atoms with E-state index in [9.17, 15) is 14.4 Å². The van der Waals surface area contributed by atoms with Crippen LogP contribution in [0.4, 0.5) is 10.7 Å². The van der Waals surface area contributed by atoms with E-state index in [0.717, 1.165) is 5.56 Å². The van der Waals surface area contributed by atoms with E-state index in [0.29, 0.717) is 36.3 Å². The smallest absolute Gasteiger partial charge is 0.407 e. The van der Waals surface area contributed by atoms with Crippen LogP contribution in [-0.2, 0) is 24.9 Å². The van der Waals surface area contributed by atoms with Gasteiger partial charge in [-0.2, -0.15) is 0 Å². The van der Waals surface area contributed by atoms with Crippen molar-refractivity contribution in [2.75, 3.05) is 19.0 Å². The second-order valence-electron chi connectivity index (χ2n) is 8.04. The van der Waals surface area contributed by atoms with Gasteiger partial charge in [0.05, 0.1) is 18.8 Å². The van der Waals surface area contributed by atoms with Crippen molar-refractivity contribution in [3.8, 4) is 5.75 Å². The molecule has 3 amide bonds. The molecule has 0 fully saturated rings. The summed E-state index contributed by atoms with van der Waals surface area (Å²) in [6, 6.07) is 12.4. The summed E-state index contributed by atoms with van der Waals surface area (Å²) in [5.41, 5.74) is 7.74. The van der Waals surface area contributed by atoms with Crippen LogP contribution < -0.4 is 21.1 Å². The zero-order valence-electron chi connectivity index (χ0n) is 20.3. The van der Waals surface area contributed by atoms with Crippen LogP contribution in [-0.4, -0.2) is 56.1 Å². The minimum Gasteiger partial charge on any atom is -0.494 e. The Morgan fingerprint density at radius 3 is 2.59 bits per heavy atom. The van der Waals surface area contributed by atoms with E-state index in [1.165, 1.54) is 30.1 Å². The molecule has 13 heteroatoms. The van der Waals surface area contributed by atoms with Gasteiger partial charge in [-0.3, -0.25) is 14.9 Å². The fourth-order valence-corrected chi connectivity index (χ4v) is 3.70. The number of aromatic nitrogens is 5. The summed E-state index contributed by atoms with van der Waals surface area (Å²) in [5, 5.41) is 13.0. The minimum absolute atomic E-state index is 0.164. The van der Waals surface area contributed by atoms with E-state index >= 15 is 0 Å². The normalized spacial score (nSPS) is 10.8. The SMILES string of the molecule is COc1cc(C(N)=O)cc2nc(NC(=O)c3cnnn3C)n(CCCNC(=O)OCc3ccccc3)c12. The largest absolute Gasteiger partial charge is 0.494 e. The number of fused-ring (bicyclic) bond motifs is 1. The van der Waals surface area contributed by atoms with E-state index in [1.807, 2.05) is 30.3 Å². The van der Waals surface area contributed by atoms with Crippen LogP contribution in [0.25, 0.3) is 11.0 Å². The van der Waals surface area contributed by atoms with E-state index in [2.05, 4.69) is 25.9 Å². The third kappa shape index (κ3) is 5.83. The van der Waals surface area contributed by atoms with Gasteiger partial charge in [-0.05, 0) is 24.1 Å². The van der Waals surface area contributed by atoms with Gasteiger partial charge in [0.25, 0.3) is 5.91 Å². The molecule has 0 bridgehead atoms. The third-order valence-corrected chi connectivity index (χ3v) is 5.52. The number of primary amides is 1. The second kappa shape index (κ2) is 11.2. The highest BCUT2D eigenvalue weighted by Crippen LogP contribution is 2.31. The van der Waals surface area contributed by atoms with Crippen molar-refractivity contribution >= 4 is 34.9 Å². The number of imidazole rings is 1. The summed E-state index contributed by atoms with van der Waals surface area (Å²) in [6.45, 7) is 0.812. The van der Waals surface area contributed by atoms with Crippen molar-refractivity contribution in [1.82, 2.24) is 29.9 Å². The molecule has 0 unspecified atom stereocenters. The van der Waals surface area contributed by atoms with Gasteiger partial charge >= 0.3 is 6.09 Å². The molecule has 2 aromatic heterocycles. The van der Waals surface area contributed by atoms with E-state index in [4.69, 9.17) is 15.2 Å². The number of nitrogens with zero attached hydrogens (tertiary/aromatic N) is 5. The molecular weight excluding hydrogens is 480 g/mol. The number of carbonyl (C=O) groups is 3. The summed E-state index contributed by atoms with van der Waals surface area (Å²) in [4.78, 5) is 41.2. The van der Waals surface area contributed by atoms with E-state index in [1.54, 1.807) is 11.6 Å². The fourth-order valence-electron chi connectivity index (χ4n) is 3.70. The first kappa shape index (κ1) is 25.2. The average molecular weight is 507 g/mol. The second-order valence-corrected chi connectivity index (χ2v) is 8.04. The lowest BCUT2D eigenvalue weighted by Crippen LogP contribution is -2.26. The van der Waals surface area contributed by atoms with Gasteiger partial charge in [0.2, 0.25) is 11.9 Å². The molecule has 0 radical (unpaired) electrons. The van der Waals surface area contributed by atoms with Crippen molar-refractivity contribution in [2.24, 2.45) is 12.8 Å². The van der Waals surface area contributed by atoms with Crippen molar-refractivity contribution in [2.45, 2.75) is 19.6 Å². The Morgan fingerprint density at radius 2 is 1.92 bits per heavy atom. The lowest BCUT2D eigenvalue weighted by atomic mass is 10.1. The molecule has 0 aliphatic carbocycles. The van der Waals surface area contributed by atoms with Crippen LogP contribution >= 0.6 is 0 Å². The van der Waals surface area contributed by atoms with Crippen molar-refractivity contribution in [3.05, 3.63) is 65.5 Å². The quantitative estimate of drug-likeness (QED) is 0.274. The summed E-state index contributed by atoms with van der Waals surface area (Å²) in [7, 11) is 3.05. The molecule has 0 saturated carbocycles. The maximum Gasteiger partial charge on any atom is 0.407 e. The molecule has 37 heavy (non-hydrogen) atoms. The lowest BCUT2D eigenvalue weighted by molar-refractivity contribution is 0.0996. The number of benzene rings is 2. The number of amides is 3. The van der Waals surface area contributed by atoms with Gasteiger partial charge in [-0.25, -0.2) is 14.5 Å². The van der Waals surface area contributed by atoms with Gasteiger partial charge in [0.15, 0.2) is 0 Å². The summed E-state index contributed by atoms with van der Waals surface area (Å²) < 4.78 is 13.8. The molecule has 2 aromatic carbocycles. The highest BCUT2D eigenvalue weighted by Gasteiger charge is 2.21. The van der Waals surface area contributed by atoms with Crippen LogP contribution in [0, 0.1) is 0 Å². The zero-order valence-corrected chi connectivity index (χ0v) is 20.3. The zero-order chi connectivity index (χ0) is 26.4. The molecule has 0 aliphatic heterocycles. The number of hydrogen-bond donors (Lipinski definition) is 3. The Labute approximate surface area is 211 Å². The summed E-state index contributed by atoms with van der Waals surface area (Å²) >= 11 is 0. The lowest BCUT2D eigenvalue weighted by Gasteiger charge is -2.13. The van der Waals surface area contributed by atoms with Gasteiger partial charge in [-0.1, -0.05) is 35.5 Å². The van der Waals surface area contributed by atoms with Crippen LogP contribution in [0.3, 0.4) is 0 Å². The number of nitrogens with one attached hydrogen (secondary N) is 2. The first-order valence-corrected chi connectivity index (χ1v) is 11.4. The van der Waals surface area contributed by atoms with Crippen LogP contribution in [0.1, 0.15) is 32.8 Å². The van der Waals surface area contributed by atoms with Gasteiger partial charge < -0.3 is 25.1 Å². The molecule has 4 N–H and O–H groups in total. The van der Waals surface area contributed by atoms with E-state index in [-0.39, 0.29) is 23.8 Å². The topological polar surface area (TPSA) is 168 Å². The molecule has 0 saturated heterocycles. The predicted octanol–water partition coefficient (Wildman–Crippen LogP) is 1.84. The number of anilines is 1. The number of hydrogen-bond acceptors (Lipinski definition) is 8. The Hall–Kier alpha value is -4.94. The molecule has 2 heterocycles. The Morgan fingerprint density at radius 1 is 1.14 bits per heavy atom. The Bertz CT molecular complexity index is 1430. The highest BCUT2D eigenvalue weighted by molar-refractivity contribution is 6.04. The molecular formula is C24H26N8O5. The molecule has 0 spiro atoms. The standard InChI is InChI=1S/C24H26N8O5/c1-31-18(13-27-30-31)22(34)29-23-28-17-11-16(21(25)33)12-19(36-2)20(17)32(23)10-6-9-26-24(35)37-14-15-7-4-3-5-8-15/h3-5,7-8,11-13H,6,9-10,14H2,1-2H3,(H2,25,33)(H,26,35)(H,28,29,34). The number of methoxy groups -OCH3 is 1. The number of rotatable bonds is 10. The molecule has 13 nitrogen and oxygen atoms in total. The van der Waals surface area contributed by atoms with Crippen LogP contribution in [0.2, 0.25) is 0 Å². The summed E-state index contributed by atoms with van der Waals surface area (Å²) in [6.07, 6.45) is 1.27. The third-order valence-electron chi connectivity index (χ3n) is 5.52. The fraction of sp³-hybridized carbons (Fsp3) is 0.250.